The second-order valence-electron chi connectivity index (χ2n) is 7.07. The Hall–Kier alpha value is -3.24. The van der Waals surface area contributed by atoms with Gasteiger partial charge in [-0.25, -0.2) is 9.18 Å². The second-order valence-corrected chi connectivity index (χ2v) is 9.24. The third-order valence-electron chi connectivity index (χ3n) is 5.22. The molecule has 0 aliphatic carbocycles. The van der Waals surface area contributed by atoms with Crippen molar-refractivity contribution in [3.05, 3.63) is 85.6 Å². The average molecular weight is 474 g/mol. The van der Waals surface area contributed by atoms with Crippen LogP contribution >= 0.6 is 23.1 Å². The fraction of sp³-hybridized carbons (Fsp3) is 0.182. The molecule has 0 saturated carbocycles. The number of thioether (sulfide) groups is 1. The molecule has 0 radical (unpaired) electrons. The molecule has 164 valence electrons. The predicted octanol–water partition coefficient (Wildman–Crippen LogP) is 3.55. The lowest BCUT2D eigenvalue weighted by atomic mass is 9.77. The molecule has 0 saturated heterocycles. The molecule has 2 aromatic carbocycles. The summed E-state index contributed by atoms with van der Waals surface area (Å²) < 4.78 is 18.1. The van der Waals surface area contributed by atoms with Crippen LogP contribution in [0.3, 0.4) is 0 Å². The summed E-state index contributed by atoms with van der Waals surface area (Å²) in [5.41, 5.74) is 1.03. The van der Waals surface area contributed by atoms with E-state index in [4.69, 9.17) is 4.74 Å². The number of nitrogens with one attached hydrogen (secondary N) is 1. The number of halogens is 1. The van der Waals surface area contributed by atoms with Crippen LogP contribution in [0.25, 0.3) is 0 Å². The molecule has 32 heavy (non-hydrogen) atoms. The Kier molecular flexibility index (Phi) is 5.98. The van der Waals surface area contributed by atoms with Crippen molar-refractivity contribution >= 4 is 40.8 Å². The van der Waals surface area contributed by atoms with E-state index in [2.05, 4.69) is 4.98 Å². The molecule has 1 aliphatic heterocycles. The van der Waals surface area contributed by atoms with Crippen molar-refractivity contribution in [3.8, 4) is 0 Å². The van der Waals surface area contributed by atoms with E-state index in [9.17, 15) is 28.7 Å². The Bertz CT molecular complexity index is 1250. The maximum absolute atomic E-state index is 13.5. The van der Waals surface area contributed by atoms with Gasteiger partial charge in [-0.15, -0.1) is 0 Å². The zero-order valence-corrected chi connectivity index (χ0v) is 18.2. The number of Topliss-reactive ketones (excluding diaryl/α,β-unsaturated/α-hetero) is 1. The van der Waals surface area contributed by atoms with Gasteiger partial charge in [-0.2, -0.15) is 0 Å². The van der Waals surface area contributed by atoms with Gasteiger partial charge in [0.15, 0.2) is 5.78 Å². The molecule has 2 heterocycles. The second kappa shape index (κ2) is 8.71. The summed E-state index contributed by atoms with van der Waals surface area (Å²) in [6.07, 6.45) is 0. The van der Waals surface area contributed by atoms with E-state index in [1.807, 2.05) is 0 Å². The number of hydrogen-bond donors (Lipinski definition) is 2. The maximum atomic E-state index is 13.5. The maximum Gasteiger partial charge on any atom is 0.337 e. The molecule has 3 atom stereocenters. The average Bonchev–Trinajstić information content (AvgIpc) is 3.17. The number of carboxylic acids is 1. The number of fused-ring (bicyclic) bond motifs is 1. The molecule has 10 heteroatoms. The van der Waals surface area contributed by atoms with Crippen LogP contribution in [-0.2, 0) is 9.53 Å². The number of methoxy groups -OCH3 is 1. The molecule has 0 fully saturated rings. The normalized spacial score (nSPS) is 19.8. The standard InChI is InChI=1S/C22H16FNO6S2/c1-30-21(28)12-4-2-10(3-5-12)14-15(16(25)11-6-8-13(23)9-7-11)18(20(26)27)31-19-17(14)32-22(29)24-19/h2-9,14-15,18H,1H3,(H,24,29)(H,26,27)/t14-,15-,18+/m0/s1. The molecule has 0 unspecified atom stereocenters. The van der Waals surface area contributed by atoms with E-state index in [0.29, 0.717) is 21.0 Å². The molecule has 4 rings (SSSR count). The van der Waals surface area contributed by atoms with E-state index in [1.165, 1.54) is 31.4 Å². The minimum atomic E-state index is -1.20. The number of thiazole rings is 1. The first-order valence-electron chi connectivity index (χ1n) is 9.40. The smallest absolute Gasteiger partial charge is 0.337 e. The number of aromatic amines is 1. The molecule has 2 N–H and O–H groups in total. The van der Waals surface area contributed by atoms with Crippen molar-refractivity contribution in [1.82, 2.24) is 4.98 Å². The molecule has 1 aromatic heterocycles. The third kappa shape index (κ3) is 3.98. The van der Waals surface area contributed by atoms with Gasteiger partial charge in [-0.1, -0.05) is 35.2 Å². The molecular formula is C22H16FNO6S2. The van der Waals surface area contributed by atoms with E-state index in [0.717, 1.165) is 35.2 Å². The zero-order valence-electron chi connectivity index (χ0n) is 16.5. The first-order chi connectivity index (χ1) is 15.3. The van der Waals surface area contributed by atoms with Crippen LogP contribution in [0.15, 0.2) is 58.4 Å². The highest BCUT2D eigenvalue weighted by Gasteiger charge is 2.47. The first-order valence-corrected chi connectivity index (χ1v) is 11.1. The number of carboxylic acid groups (broad SMARTS) is 1. The molecular weight excluding hydrogens is 457 g/mol. The molecule has 0 amide bonds. The number of ether oxygens (including phenoxy) is 1. The Morgan fingerprint density at radius 2 is 1.66 bits per heavy atom. The Morgan fingerprint density at radius 3 is 2.25 bits per heavy atom. The van der Waals surface area contributed by atoms with Crippen LogP contribution in [0.5, 0.6) is 0 Å². The summed E-state index contributed by atoms with van der Waals surface area (Å²) >= 11 is 1.83. The number of carbonyl (C=O) groups is 3. The Labute approximate surface area is 189 Å². The molecule has 7 nitrogen and oxygen atoms in total. The quantitative estimate of drug-likeness (QED) is 0.430. The van der Waals surface area contributed by atoms with Crippen LogP contribution in [0, 0.1) is 11.7 Å². The monoisotopic (exact) mass is 473 g/mol. The number of carbonyl (C=O) groups excluding carboxylic acids is 2. The number of H-pyrrole nitrogens is 1. The highest BCUT2D eigenvalue weighted by atomic mass is 32.2. The van der Waals surface area contributed by atoms with Crippen LogP contribution < -0.4 is 4.87 Å². The van der Waals surface area contributed by atoms with Gasteiger partial charge in [-0.05, 0) is 42.0 Å². The highest BCUT2D eigenvalue weighted by Crippen LogP contribution is 2.50. The number of aromatic nitrogens is 1. The van der Waals surface area contributed by atoms with Gasteiger partial charge >= 0.3 is 16.8 Å². The fourth-order valence-electron chi connectivity index (χ4n) is 3.76. The van der Waals surface area contributed by atoms with Crippen LogP contribution in [-0.4, -0.2) is 40.2 Å². The lowest BCUT2D eigenvalue weighted by Crippen LogP contribution is -2.39. The Morgan fingerprint density at radius 1 is 1.03 bits per heavy atom. The van der Waals surface area contributed by atoms with E-state index >= 15 is 0 Å². The van der Waals surface area contributed by atoms with Crippen LogP contribution in [0.4, 0.5) is 4.39 Å². The number of ketones is 1. The van der Waals surface area contributed by atoms with Gasteiger partial charge in [0.25, 0.3) is 0 Å². The summed E-state index contributed by atoms with van der Waals surface area (Å²) in [6.45, 7) is 0. The molecule has 0 bridgehead atoms. The third-order valence-corrected chi connectivity index (χ3v) is 7.62. The van der Waals surface area contributed by atoms with E-state index in [-0.39, 0.29) is 10.4 Å². The SMILES string of the molecule is COC(=O)c1ccc([C@@H]2c3sc(=O)[nH]c3S[C@@H](C(=O)O)[C@@H]2C(=O)c2ccc(F)cc2)cc1. The van der Waals surface area contributed by atoms with Gasteiger partial charge in [0.2, 0.25) is 0 Å². The summed E-state index contributed by atoms with van der Waals surface area (Å²) in [4.78, 5) is 52.4. The number of hydrogen-bond acceptors (Lipinski definition) is 7. The summed E-state index contributed by atoms with van der Waals surface area (Å²) in [6, 6.07) is 11.2. The van der Waals surface area contributed by atoms with Crippen LogP contribution in [0.1, 0.15) is 37.1 Å². The Balaban J connectivity index is 1.87. The number of aliphatic carboxylic acids is 1. The summed E-state index contributed by atoms with van der Waals surface area (Å²) in [5, 5.41) is 9.13. The number of rotatable bonds is 5. The zero-order chi connectivity index (χ0) is 23.0. The minimum Gasteiger partial charge on any atom is -0.480 e. The van der Waals surface area contributed by atoms with Crippen molar-refractivity contribution in [1.29, 1.82) is 0 Å². The van der Waals surface area contributed by atoms with Crippen molar-refractivity contribution in [2.75, 3.05) is 7.11 Å². The number of esters is 1. The lowest BCUT2D eigenvalue weighted by molar-refractivity contribution is -0.137. The molecule has 1 aliphatic rings. The van der Waals surface area contributed by atoms with Gasteiger partial charge in [-0.3, -0.25) is 14.4 Å². The molecule has 3 aromatic rings. The van der Waals surface area contributed by atoms with Crippen molar-refractivity contribution in [3.63, 3.8) is 0 Å². The highest BCUT2D eigenvalue weighted by molar-refractivity contribution is 8.00. The van der Waals surface area contributed by atoms with Gasteiger partial charge in [0, 0.05) is 16.4 Å². The number of benzene rings is 2. The van der Waals surface area contributed by atoms with Gasteiger partial charge < -0.3 is 14.8 Å². The lowest BCUT2D eigenvalue weighted by Gasteiger charge is -2.34. The van der Waals surface area contributed by atoms with Crippen molar-refractivity contribution < 1.29 is 28.6 Å². The largest absolute Gasteiger partial charge is 0.480 e. The fourth-order valence-corrected chi connectivity index (χ4v) is 6.18. The predicted molar refractivity (Wildman–Crippen MR) is 116 cm³/mol. The molecule has 0 spiro atoms. The van der Waals surface area contributed by atoms with Crippen molar-refractivity contribution in [2.24, 2.45) is 5.92 Å². The van der Waals surface area contributed by atoms with Gasteiger partial charge in [0.05, 0.1) is 23.6 Å². The summed E-state index contributed by atoms with van der Waals surface area (Å²) in [5.74, 6) is -4.55. The summed E-state index contributed by atoms with van der Waals surface area (Å²) in [7, 11) is 1.26. The topological polar surface area (TPSA) is 114 Å². The van der Waals surface area contributed by atoms with Crippen LogP contribution in [0.2, 0.25) is 0 Å². The van der Waals surface area contributed by atoms with E-state index < -0.39 is 40.6 Å². The van der Waals surface area contributed by atoms with E-state index in [1.54, 1.807) is 12.1 Å². The van der Waals surface area contributed by atoms with Crippen molar-refractivity contribution in [2.45, 2.75) is 16.2 Å². The minimum absolute atomic E-state index is 0.172. The van der Waals surface area contributed by atoms with Gasteiger partial charge in [0.1, 0.15) is 11.1 Å². The first kappa shape index (κ1) is 22.0.